The Morgan fingerprint density at radius 3 is 2.05 bits per heavy atom. The third kappa shape index (κ3) is 4.18. The lowest BCUT2D eigenvalue weighted by Gasteiger charge is -2.24. The Morgan fingerprint density at radius 2 is 1.52 bits per heavy atom. The van der Waals surface area contributed by atoms with Gasteiger partial charge >= 0.3 is 0 Å². The highest BCUT2D eigenvalue weighted by atomic mass is 16.1. The highest BCUT2D eigenvalue weighted by Crippen LogP contribution is 2.29. The Balaban J connectivity index is 2.08. The first kappa shape index (κ1) is 16.3. The van der Waals surface area contributed by atoms with Gasteiger partial charge in [0.1, 0.15) is 0 Å². The van der Waals surface area contributed by atoms with E-state index in [-0.39, 0.29) is 11.3 Å². The van der Waals surface area contributed by atoms with Gasteiger partial charge in [0.2, 0.25) is 0 Å². The Morgan fingerprint density at radius 1 is 1.00 bits per heavy atom. The molecular formula is C20H30O. The van der Waals surface area contributed by atoms with Gasteiger partial charge in [-0.15, -0.1) is 0 Å². The second-order valence-corrected chi connectivity index (χ2v) is 7.22. The van der Waals surface area contributed by atoms with Gasteiger partial charge in [-0.1, -0.05) is 77.1 Å². The molecule has 0 spiro atoms. The van der Waals surface area contributed by atoms with Crippen LogP contribution in [0.2, 0.25) is 0 Å². The van der Waals surface area contributed by atoms with Gasteiger partial charge in [0, 0.05) is 11.5 Å². The van der Waals surface area contributed by atoms with E-state index in [1.165, 1.54) is 37.7 Å². The van der Waals surface area contributed by atoms with E-state index in [0.717, 1.165) is 24.8 Å². The van der Waals surface area contributed by atoms with Gasteiger partial charge in [0.05, 0.1) is 0 Å². The average molecular weight is 286 g/mol. The summed E-state index contributed by atoms with van der Waals surface area (Å²) in [6.07, 6.45) is 9.67. The molecule has 1 aromatic carbocycles. The molecule has 0 radical (unpaired) electrons. The minimum atomic E-state index is 0.196. The summed E-state index contributed by atoms with van der Waals surface area (Å²) in [6.45, 7) is 6.74. The fourth-order valence-electron chi connectivity index (χ4n) is 3.24. The Kier molecular flexibility index (Phi) is 5.61. The van der Waals surface area contributed by atoms with E-state index in [2.05, 4.69) is 32.9 Å². The molecule has 0 unspecified atom stereocenters. The summed E-state index contributed by atoms with van der Waals surface area (Å²) in [5.41, 5.74) is 2.44. The van der Waals surface area contributed by atoms with Crippen molar-refractivity contribution in [3.05, 3.63) is 35.4 Å². The molecule has 1 aromatic rings. The van der Waals surface area contributed by atoms with Gasteiger partial charge in [-0.2, -0.15) is 0 Å². The molecule has 0 aromatic heterocycles. The van der Waals surface area contributed by atoms with Crippen LogP contribution in [0.5, 0.6) is 0 Å². The Labute approximate surface area is 130 Å². The van der Waals surface area contributed by atoms with Crippen LogP contribution >= 0.6 is 0 Å². The minimum Gasteiger partial charge on any atom is -0.294 e. The summed E-state index contributed by atoms with van der Waals surface area (Å²) < 4.78 is 0. The van der Waals surface area contributed by atoms with E-state index in [1.54, 1.807) is 0 Å². The molecule has 0 atom stereocenters. The van der Waals surface area contributed by atoms with E-state index < -0.39 is 0 Å². The zero-order valence-electron chi connectivity index (χ0n) is 14.0. The number of hydrogen-bond acceptors (Lipinski definition) is 1. The standard InChI is InChI=1S/C20H30O/c1-4-20(2,3)18-14-12-17(13-15-18)19(21)16-10-8-6-5-7-9-11-16/h12-16H,4-11H2,1-3H3. The van der Waals surface area contributed by atoms with Crippen LogP contribution in [0.15, 0.2) is 24.3 Å². The van der Waals surface area contributed by atoms with Gasteiger partial charge in [0.25, 0.3) is 0 Å². The molecule has 1 saturated carbocycles. The molecule has 0 saturated heterocycles. The van der Waals surface area contributed by atoms with Crippen molar-refractivity contribution in [3.8, 4) is 0 Å². The lowest BCUT2D eigenvalue weighted by molar-refractivity contribution is 0.0898. The molecule has 1 aliphatic rings. The molecule has 1 heteroatoms. The molecule has 116 valence electrons. The Hall–Kier alpha value is -1.11. The van der Waals surface area contributed by atoms with E-state index in [1.807, 2.05) is 12.1 Å². The third-order valence-corrected chi connectivity index (χ3v) is 5.31. The number of hydrogen-bond donors (Lipinski definition) is 0. The van der Waals surface area contributed by atoms with Crippen LogP contribution in [0.1, 0.15) is 88.1 Å². The summed E-state index contributed by atoms with van der Waals surface area (Å²) in [5.74, 6) is 0.632. The van der Waals surface area contributed by atoms with Crippen LogP contribution in [0, 0.1) is 5.92 Å². The number of benzene rings is 1. The zero-order valence-corrected chi connectivity index (χ0v) is 14.0. The largest absolute Gasteiger partial charge is 0.294 e. The molecular weight excluding hydrogens is 256 g/mol. The van der Waals surface area contributed by atoms with Gasteiger partial charge in [0.15, 0.2) is 5.78 Å². The van der Waals surface area contributed by atoms with E-state index in [9.17, 15) is 4.79 Å². The summed E-state index contributed by atoms with van der Waals surface area (Å²) in [5, 5.41) is 0. The topological polar surface area (TPSA) is 17.1 Å². The molecule has 0 heterocycles. The van der Waals surface area contributed by atoms with Crippen molar-refractivity contribution in [1.29, 1.82) is 0 Å². The maximum absolute atomic E-state index is 12.7. The van der Waals surface area contributed by atoms with Crippen LogP contribution in [0.3, 0.4) is 0 Å². The number of carbonyl (C=O) groups is 1. The molecule has 0 aliphatic heterocycles. The van der Waals surface area contributed by atoms with Crippen LogP contribution in [0.4, 0.5) is 0 Å². The van der Waals surface area contributed by atoms with Crippen molar-refractivity contribution in [3.63, 3.8) is 0 Å². The average Bonchev–Trinajstić information content (AvgIpc) is 2.46. The van der Waals surface area contributed by atoms with Crippen molar-refractivity contribution < 1.29 is 4.79 Å². The van der Waals surface area contributed by atoms with Crippen molar-refractivity contribution in [1.82, 2.24) is 0 Å². The smallest absolute Gasteiger partial charge is 0.165 e. The maximum atomic E-state index is 12.7. The first-order valence-electron chi connectivity index (χ1n) is 8.69. The lowest BCUT2D eigenvalue weighted by atomic mass is 9.81. The predicted molar refractivity (Wildman–Crippen MR) is 89.9 cm³/mol. The molecule has 0 N–H and O–H groups in total. The van der Waals surface area contributed by atoms with Gasteiger partial charge in [-0.25, -0.2) is 0 Å². The highest BCUT2D eigenvalue weighted by Gasteiger charge is 2.22. The van der Waals surface area contributed by atoms with Crippen LogP contribution < -0.4 is 0 Å². The minimum absolute atomic E-state index is 0.196. The first-order chi connectivity index (χ1) is 10.0. The van der Waals surface area contributed by atoms with Gasteiger partial charge < -0.3 is 0 Å². The lowest BCUT2D eigenvalue weighted by Crippen LogP contribution is -2.18. The molecule has 1 nitrogen and oxygen atoms in total. The quantitative estimate of drug-likeness (QED) is 0.628. The number of ketones is 1. The summed E-state index contributed by atoms with van der Waals surface area (Å²) in [4.78, 5) is 12.7. The third-order valence-electron chi connectivity index (χ3n) is 5.31. The second-order valence-electron chi connectivity index (χ2n) is 7.22. The molecule has 21 heavy (non-hydrogen) atoms. The van der Waals surface area contributed by atoms with Gasteiger partial charge in [-0.3, -0.25) is 4.79 Å². The fourth-order valence-corrected chi connectivity index (χ4v) is 3.24. The summed E-state index contributed by atoms with van der Waals surface area (Å²) in [6, 6.07) is 8.40. The highest BCUT2D eigenvalue weighted by molar-refractivity contribution is 5.97. The van der Waals surface area contributed by atoms with Crippen LogP contribution in [-0.4, -0.2) is 5.78 Å². The van der Waals surface area contributed by atoms with Crippen LogP contribution in [-0.2, 0) is 5.41 Å². The number of carbonyl (C=O) groups excluding carboxylic acids is 1. The molecule has 0 bridgehead atoms. The van der Waals surface area contributed by atoms with E-state index >= 15 is 0 Å². The maximum Gasteiger partial charge on any atom is 0.165 e. The monoisotopic (exact) mass is 286 g/mol. The molecule has 1 fully saturated rings. The van der Waals surface area contributed by atoms with Gasteiger partial charge in [-0.05, 0) is 30.2 Å². The zero-order chi connectivity index (χ0) is 15.3. The fraction of sp³-hybridized carbons (Fsp3) is 0.650. The first-order valence-corrected chi connectivity index (χ1v) is 8.69. The normalized spacial score (nSPS) is 18.0. The SMILES string of the molecule is CCC(C)(C)c1ccc(C(=O)C2CCCCCCC2)cc1. The van der Waals surface area contributed by atoms with Crippen molar-refractivity contribution in [2.45, 2.75) is 77.6 Å². The summed E-state index contributed by atoms with van der Waals surface area (Å²) in [7, 11) is 0. The molecule has 0 amide bonds. The molecule has 2 rings (SSSR count). The van der Waals surface area contributed by atoms with Crippen LogP contribution in [0.25, 0.3) is 0 Å². The predicted octanol–water partition coefficient (Wildman–Crippen LogP) is 5.92. The van der Waals surface area contributed by atoms with Crippen molar-refractivity contribution in [2.75, 3.05) is 0 Å². The van der Waals surface area contributed by atoms with E-state index in [4.69, 9.17) is 0 Å². The van der Waals surface area contributed by atoms with Crippen molar-refractivity contribution in [2.24, 2.45) is 5.92 Å². The van der Waals surface area contributed by atoms with Crippen molar-refractivity contribution >= 4 is 5.78 Å². The number of rotatable bonds is 4. The number of Topliss-reactive ketones (excluding diaryl/α,β-unsaturated/α-hetero) is 1. The summed E-state index contributed by atoms with van der Waals surface area (Å²) >= 11 is 0. The Bertz CT molecular complexity index is 447. The second kappa shape index (κ2) is 7.24. The molecule has 1 aliphatic carbocycles. The van der Waals surface area contributed by atoms with E-state index in [0.29, 0.717) is 5.78 Å².